The van der Waals surface area contributed by atoms with Gasteiger partial charge in [-0.05, 0) is 6.42 Å². The summed E-state index contributed by atoms with van der Waals surface area (Å²) in [4.78, 5) is 46.0. The second-order valence-electron chi connectivity index (χ2n) is 3.92. The van der Waals surface area contributed by atoms with Gasteiger partial charge in [-0.25, -0.2) is 0 Å². The summed E-state index contributed by atoms with van der Waals surface area (Å²) in [6.07, 6.45) is 1.15. The number of imide groups is 1. The summed E-state index contributed by atoms with van der Waals surface area (Å²) >= 11 is 0.989. The minimum Gasteiger partial charge on any atom is -0.359 e. The molecule has 1 fully saturated rings. The van der Waals surface area contributed by atoms with E-state index in [1.165, 1.54) is 11.9 Å². The van der Waals surface area contributed by atoms with Crippen molar-refractivity contribution < 1.29 is 19.2 Å². The van der Waals surface area contributed by atoms with Crippen molar-refractivity contribution in [3.63, 3.8) is 0 Å². The van der Waals surface area contributed by atoms with Crippen LogP contribution in [0.3, 0.4) is 0 Å². The quantitative estimate of drug-likeness (QED) is 0.732. The number of hydrogen-bond acceptors (Lipinski definition) is 5. The SMILES string of the molecule is CNC(=O)CCC(=O)CCCN1C(=O)CSC1=O. The Hall–Kier alpha value is -1.37. The van der Waals surface area contributed by atoms with E-state index in [1.807, 2.05) is 0 Å². The lowest BCUT2D eigenvalue weighted by Gasteiger charge is -2.11. The number of carbonyl (C=O) groups is 4. The minimum atomic E-state index is -0.238. The lowest BCUT2D eigenvalue weighted by Crippen LogP contribution is -2.29. The molecule has 1 N–H and O–H groups in total. The van der Waals surface area contributed by atoms with Crippen LogP contribution in [0.1, 0.15) is 25.7 Å². The molecule has 1 rings (SSSR count). The van der Waals surface area contributed by atoms with Gasteiger partial charge in [0, 0.05) is 32.9 Å². The molecule has 3 amide bonds. The molecule has 0 aromatic rings. The minimum absolute atomic E-state index is 0.0228. The standard InChI is InChI=1S/C11H16N2O4S/c1-12-9(15)5-4-8(14)3-2-6-13-10(16)7-18-11(13)17/h2-7H2,1H3,(H,12,15). The van der Waals surface area contributed by atoms with Crippen LogP contribution in [0.5, 0.6) is 0 Å². The first-order valence-electron chi connectivity index (χ1n) is 5.74. The van der Waals surface area contributed by atoms with Gasteiger partial charge in [-0.3, -0.25) is 24.1 Å². The van der Waals surface area contributed by atoms with Crippen LogP contribution in [0.4, 0.5) is 4.79 Å². The number of hydrogen-bond donors (Lipinski definition) is 1. The number of nitrogens with zero attached hydrogens (tertiary/aromatic N) is 1. The van der Waals surface area contributed by atoms with Gasteiger partial charge < -0.3 is 5.32 Å². The molecule has 1 aliphatic rings. The molecule has 0 aliphatic carbocycles. The van der Waals surface area contributed by atoms with E-state index < -0.39 is 0 Å². The maximum atomic E-state index is 11.4. The van der Waals surface area contributed by atoms with Crippen LogP contribution in [0, 0.1) is 0 Å². The van der Waals surface area contributed by atoms with E-state index in [1.54, 1.807) is 0 Å². The van der Waals surface area contributed by atoms with Crippen molar-refractivity contribution in [1.29, 1.82) is 0 Å². The summed E-state index contributed by atoms with van der Waals surface area (Å²) in [5.41, 5.74) is 0. The average Bonchev–Trinajstić information content (AvgIpc) is 2.67. The molecule has 0 radical (unpaired) electrons. The summed E-state index contributed by atoms with van der Waals surface area (Å²) in [5.74, 6) is -0.179. The highest BCUT2D eigenvalue weighted by Gasteiger charge is 2.29. The monoisotopic (exact) mass is 272 g/mol. The molecular formula is C11H16N2O4S. The van der Waals surface area contributed by atoms with Crippen LogP contribution < -0.4 is 5.32 Å². The van der Waals surface area contributed by atoms with E-state index in [-0.39, 0.29) is 48.0 Å². The highest BCUT2D eigenvalue weighted by Crippen LogP contribution is 2.19. The third kappa shape index (κ3) is 4.48. The largest absolute Gasteiger partial charge is 0.359 e. The van der Waals surface area contributed by atoms with Crippen LogP contribution >= 0.6 is 11.8 Å². The third-order valence-corrected chi connectivity index (χ3v) is 3.45. The van der Waals surface area contributed by atoms with Gasteiger partial charge >= 0.3 is 0 Å². The van der Waals surface area contributed by atoms with E-state index in [0.29, 0.717) is 12.8 Å². The number of carbonyl (C=O) groups excluding carboxylic acids is 4. The highest BCUT2D eigenvalue weighted by atomic mass is 32.2. The predicted molar refractivity (Wildman–Crippen MR) is 67.1 cm³/mol. The van der Waals surface area contributed by atoms with Crippen molar-refractivity contribution in [3.05, 3.63) is 0 Å². The molecule has 100 valence electrons. The van der Waals surface area contributed by atoms with Gasteiger partial charge in [0.2, 0.25) is 11.8 Å². The number of ketones is 1. The fraction of sp³-hybridized carbons (Fsp3) is 0.636. The summed E-state index contributed by atoms with van der Waals surface area (Å²) in [7, 11) is 1.52. The zero-order valence-corrected chi connectivity index (χ0v) is 11.0. The van der Waals surface area contributed by atoms with E-state index in [0.717, 1.165) is 11.8 Å². The van der Waals surface area contributed by atoms with Crippen molar-refractivity contribution in [1.82, 2.24) is 10.2 Å². The Morgan fingerprint density at radius 1 is 1.28 bits per heavy atom. The Morgan fingerprint density at radius 2 is 2.00 bits per heavy atom. The summed E-state index contributed by atoms with van der Waals surface area (Å²) in [6.45, 7) is 0.288. The highest BCUT2D eigenvalue weighted by molar-refractivity contribution is 8.14. The zero-order chi connectivity index (χ0) is 13.5. The van der Waals surface area contributed by atoms with Crippen molar-refractivity contribution >= 4 is 34.6 Å². The second kappa shape index (κ2) is 7.15. The van der Waals surface area contributed by atoms with E-state index >= 15 is 0 Å². The second-order valence-corrected chi connectivity index (χ2v) is 4.84. The molecule has 0 bridgehead atoms. The third-order valence-electron chi connectivity index (χ3n) is 2.59. The average molecular weight is 272 g/mol. The topological polar surface area (TPSA) is 83.6 Å². The molecule has 1 heterocycles. The Balaban J connectivity index is 2.17. The van der Waals surface area contributed by atoms with Crippen LogP contribution in [-0.2, 0) is 14.4 Å². The predicted octanol–water partition coefficient (Wildman–Crippen LogP) is 0.557. The fourth-order valence-corrected chi connectivity index (χ4v) is 2.29. The van der Waals surface area contributed by atoms with Gasteiger partial charge in [0.25, 0.3) is 5.24 Å². The Morgan fingerprint density at radius 3 is 2.56 bits per heavy atom. The van der Waals surface area contributed by atoms with Crippen molar-refractivity contribution in [2.24, 2.45) is 0 Å². The van der Waals surface area contributed by atoms with Crippen molar-refractivity contribution in [3.8, 4) is 0 Å². The summed E-state index contributed by atoms with van der Waals surface area (Å²) in [6, 6.07) is 0. The molecule has 6 nitrogen and oxygen atoms in total. The van der Waals surface area contributed by atoms with Gasteiger partial charge in [0.1, 0.15) is 5.78 Å². The van der Waals surface area contributed by atoms with Crippen LogP contribution in [0.25, 0.3) is 0 Å². The van der Waals surface area contributed by atoms with Crippen molar-refractivity contribution in [2.75, 3.05) is 19.3 Å². The molecule has 7 heteroatoms. The van der Waals surface area contributed by atoms with Crippen LogP contribution in [0.15, 0.2) is 0 Å². The van der Waals surface area contributed by atoms with Crippen LogP contribution in [-0.4, -0.2) is 47.1 Å². The molecule has 0 aromatic heterocycles. The zero-order valence-electron chi connectivity index (χ0n) is 10.2. The van der Waals surface area contributed by atoms with Crippen molar-refractivity contribution in [2.45, 2.75) is 25.7 Å². The maximum absolute atomic E-state index is 11.4. The maximum Gasteiger partial charge on any atom is 0.288 e. The smallest absolute Gasteiger partial charge is 0.288 e. The van der Waals surface area contributed by atoms with Gasteiger partial charge in [-0.1, -0.05) is 11.8 Å². The van der Waals surface area contributed by atoms with Gasteiger partial charge in [0.15, 0.2) is 0 Å². The first-order valence-corrected chi connectivity index (χ1v) is 6.72. The number of nitrogens with one attached hydrogen (secondary N) is 1. The number of rotatable bonds is 7. The van der Waals surface area contributed by atoms with Gasteiger partial charge in [-0.2, -0.15) is 0 Å². The first kappa shape index (κ1) is 14.7. The fourth-order valence-electron chi connectivity index (χ4n) is 1.53. The molecule has 0 atom stereocenters. The summed E-state index contributed by atoms with van der Waals surface area (Å²) < 4.78 is 0. The van der Waals surface area contributed by atoms with Gasteiger partial charge in [-0.15, -0.1) is 0 Å². The van der Waals surface area contributed by atoms with E-state index in [2.05, 4.69) is 5.32 Å². The lowest BCUT2D eigenvalue weighted by atomic mass is 10.1. The normalized spacial score (nSPS) is 15.1. The molecule has 0 aromatic carbocycles. The van der Waals surface area contributed by atoms with Crippen LogP contribution in [0.2, 0.25) is 0 Å². The molecule has 1 aliphatic heterocycles. The first-order chi connectivity index (χ1) is 8.54. The molecule has 18 heavy (non-hydrogen) atoms. The summed E-state index contributed by atoms with van der Waals surface area (Å²) in [5, 5.41) is 2.20. The number of thioether (sulfide) groups is 1. The Bertz CT molecular complexity index is 354. The van der Waals surface area contributed by atoms with Gasteiger partial charge in [0.05, 0.1) is 5.75 Å². The molecule has 0 saturated carbocycles. The van der Waals surface area contributed by atoms with E-state index in [9.17, 15) is 19.2 Å². The molecule has 0 spiro atoms. The lowest BCUT2D eigenvalue weighted by molar-refractivity contribution is -0.126. The Kier molecular flexibility index (Phi) is 5.84. The van der Waals surface area contributed by atoms with E-state index in [4.69, 9.17) is 0 Å². The molecule has 1 saturated heterocycles. The number of amides is 3. The molecular weight excluding hydrogens is 256 g/mol. The number of Topliss-reactive ketones (excluding diaryl/α,β-unsaturated/α-hetero) is 1. The Labute approximate surface area is 109 Å². The molecule has 0 unspecified atom stereocenters.